The molecule has 0 saturated heterocycles. The van der Waals surface area contributed by atoms with E-state index < -0.39 is 0 Å². The number of esters is 1. The molecule has 2 rings (SSSR count). The molecule has 22 heavy (non-hydrogen) atoms. The molecule has 0 atom stereocenters. The van der Waals surface area contributed by atoms with Gasteiger partial charge in [-0.05, 0) is 37.6 Å². The molecule has 4 heteroatoms. The van der Waals surface area contributed by atoms with Crippen LogP contribution in [0.25, 0.3) is 0 Å². The highest BCUT2D eigenvalue weighted by molar-refractivity contribution is 5.90. The molecule has 0 N–H and O–H groups in total. The molecule has 0 aliphatic heterocycles. The van der Waals surface area contributed by atoms with Gasteiger partial charge in [0.15, 0.2) is 0 Å². The van der Waals surface area contributed by atoms with Crippen molar-refractivity contribution in [2.24, 2.45) is 0 Å². The lowest BCUT2D eigenvalue weighted by atomic mass is 10.1. The smallest absolute Gasteiger partial charge is 0.341 e. The van der Waals surface area contributed by atoms with Crippen LogP contribution in [0.1, 0.15) is 39.9 Å². The van der Waals surface area contributed by atoms with E-state index in [9.17, 15) is 4.79 Å². The largest absolute Gasteiger partial charge is 0.465 e. The fourth-order valence-corrected chi connectivity index (χ4v) is 2.46. The van der Waals surface area contributed by atoms with Crippen LogP contribution in [0.15, 0.2) is 34.7 Å². The summed E-state index contributed by atoms with van der Waals surface area (Å²) in [5.74, 6) is 1.04. The first kappa shape index (κ1) is 16.3. The van der Waals surface area contributed by atoms with E-state index in [1.807, 2.05) is 6.07 Å². The molecule has 0 radical (unpaired) electrons. The second-order valence-electron chi connectivity index (χ2n) is 5.40. The van der Waals surface area contributed by atoms with Gasteiger partial charge in [-0.1, -0.05) is 31.2 Å². The Morgan fingerprint density at radius 2 is 1.95 bits per heavy atom. The molecule has 0 amide bonds. The summed E-state index contributed by atoms with van der Waals surface area (Å²) in [7, 11) is 1.38. The van der Waals surface area contributed by atoms with E-state index in [2.05, 4.69) is 36.9 Å². The fourth-order valence-electron chi connectivity index (χ4n) is 2.46. The molecule has 0 unspecified atom stereocenters. The average Bonchev–Trinajstić information content (AvgIpc) is 2.88. The lowest BCUT2D eigenvalue weighted by Gasteiger charge is -2.20. The normalized spacial score (nSPS) is 11.0. The lowest BCUT2D eigenvalue weighted by molar-refractivity contribution is 0.0599. The fraction of sp³-hybridized carbons (Fsp3) is 0.389. The maximum Gasteiger partial charge on any atom is 0.341 e. The Kier molecular flexibility index (Phi) is 5.39. The van der Waals surface area contributed by atoms with E-state index in [4.69, 9.17) is 9.15 Å². The van der Waals surface area contributed by atoms with E-state index >= 15 is 0 Å². The summed E-state index contributed by atoms with van der Waals surface area (Å²) in [6.45, 7) is 8.46. The monoisotopic (exact) mass is 301 g/mol. The van der Waals surface area contributed by atoms with Gasteiger partial charge in [0, 0.05) is 6.54 Å². The SMILES string of the molecule is CCN(Cc1cc(C(=O)OC)c(C)o1)Cc1ccccc1C. The minimum absolute atomic E-state index is 0.352. The minimum atomic E-state index is -0.352. The Morgan fingerprint density at radius 1 is 1.23 bits per heavy atom. The molecule has 0 aliphatic rings. The van der Waals surface area contributed by atoms with E-state index in [1.54, 1.807) is 13.0 Å². The molecule has 0 spiro atoms. The van der Waals surface area contributed by atoms with Gasteiger partial charge in [0.2, 0.25) is 0 Å². The molecule has 0 fully saturated rings. The molecule has 1 heterocycles. The van der Waals surface area contributed by atoms with Gasteiger partial charge >= 0.3 is 5.97 Å². The number of benzene rings is 1. The van der Waals surface area contributed by atoms with Crippen LogP contribution in [-0.2, 0) is 17.8 Å². The summed E-state index contributed by atoms with van der Waals surface area (Å²) in [6, 6.07) is 10.2. The summed E-state index contributed by atoms with van der Waals surface area (Å²) in [5, 5.41) is 0. The number of nitrogens with zero attached hydrogens (tertiary/aromatic N) is 1. The number of methoxy groups -OCH3 is 1. The van der Waals surface area contributed by atoms with E-state index in [1.165, 1.54) is 18.2 Å². The summed E-state index contributed by atoms with van der Waals surface area (Å²) in [4.78, 5) is 13.9. The zero-order valence-electron chi connectivity index (χ0n) is 13.7. The van der Waals surface area contributed by atoms with Gasteiger partial charge in [0.1, 0.15) is 17.1 Å². The van der Waals surface area contributed by atoms with Crippen LogP contribution in [0.2, 0.25) is 0 Å². The number of furan rings is 1. The van der Waals surface area contributed by atoms with Crippen molar-refractivity contribution in [3.63, 3.8) is 0 Å². The first-order valence-corrected chi connectivity index (χ1v) is 7.49. The highest BCUT2D eigenvalue weighted by Crippen LogP contribution is 2.19. The topological polar surface area (TPSA) is 42.7 Å². The number of hydrogen-bond donors (Lipinski definition) is 0. The van der Waals surface area contributed by atoms with Gasteiger partial charge < -0.3 is 9.15 Å². The number of carbonyl (C=O) groups excluding carboxylic acids is 1. The van der Waals surface area contributed by atoms with Crippen molar-refractivity contribution in [1.29, 1.82) is 0 Å². The van der Waals surface area contributed by atoms with Crippen LogP contribution in [0, 0.1) is 13.8 Å². The first-order chi connectivity index (χ1) is 10.5. The zero-order chi connectivity index (χ0) is 16.1. The van der Waals surface area contributed by atoms with Gasteiger partial charge in [-0.2, -0.15) is 0 Å². The van der Waals surface area contributed by atoms with Crippen LogP contribution in [-0.4, -0.2) is 24.5 Å². The molecule has 2 aromatic rings. The van der Waals surface area contributed by atoms with Crippen molar-refractivity contribution in [1.82, 2.24) is 4.90 Å². The molecule has 1 aromatic heterocycles. The van der Waals surface area contributed by atoms with Crippen LogP contribution in [0.4, 0.5) is 0 Å². The Morgan fingerprint density at radius 3 is 2.59 bits per heavy atom. The average molecular weight is 301 g/mol. The maximum atomic E-state index is 11.6. The highest BCUT2D eigenvalue weighted by Gasteiger charge is 2.17. The van der Waals surface area contributed by atoms with Gasteiger partial charge in [0.25, 0.3) is 0 Å². The second kappa shape index (κ2) is 7.27. The van der Waals surface area contributed by atoms with Gasteiger partial charge in [0.05, 0.1) is 13.7 Å². The number of aryl methyl sites for hydroxylation is 2. The molecule has 0 bridgehead atoms. The number of carbonyl (C=O) groups is 1. The minimum Gasteiger partial charge on any atom is -0.465 e. The molecular weight excluding hydrogens is 278 g/mol. The molecule has 4 nitrogen and oxygen atoms in total. The van der Waals surface area contributed by atoms with Crippen molar-refractivity contribution in [2.75, 3.05) is 13.7 Å². The first-order valence-electron chi connectivity index (χ1n) is 7.49. The Bertz CT molecular complexity index is 646. The predicted octanol–water partition coefficient (Wildman–Crippen LogP) is 3.71. The van der Waals surface area contributed by atoms with Crippen molar-refractivity contribution < 1.29 is 13.9 Å². The Labute approximate surface area is 131 Å². The molecule has 0 aliphatic carbocycles. The van der Waals surface area contributed by atoms with Gasteiger partial charge in [-0.3, -0.25) is 4.90 Å². The van der Waals surface area contributed by atoms with Crippen LogP contribution in [0.3, 0.4) is 0 Å². The van der Waals surface area contributed by atoms with Crippen LogP contribution in [0.5, 0.6) is 0 Å². The van der Waals surface area contributed by atoms with Crippen molar-refractivity contribution in [2.45, 2.75) is 33.9 Å². The third kappa shape index (κ3) is 3.77. The standard InChI is InChI=1S/C18H23NO3/c1-5-19(11-15-9-7-6-8-13(15)2)12-16-10-17(14(3)22-16)18(20)21-4/h6-10H,5,11-12H2,1-4H3. The number of hydrogen-bond acceptors (Lipinski definition) is 4. The second-order valence-corrected chi connectivity index (χ2v) is 5.40. The lowest BCUT2D eigenvalue weighted by Crippen LogP contribution is -2.22. The summed E-state index contributed by atoms with van der Waals surface area (Å²) in [5.41, 5.74) is 3.09. The van der Waals surface area contributed by atoms with Crippen LogP contribution >= 0.6 is 0 Å². The number of rotatable bonds is 6. The van der Waals surface area contributed by atoms with E-state index in [0.29, 0.717) is 17.9 Å². The van der Waals surface area contributed by atoms with Crippen molar-refractivity contribution in [3.8, 4) is 0 Å². The van der Waals surface area contributed by atoms with Crippen LogP contribution < -0.4 is 0 Å². The third-order valence-corrected chi connectivity index (χ3v) is 3.86. The third-order valence-electron chi connectivity index (χ3n) is 3.86. The molecule has 0 saturated carbocycles. The maximum absolute atomic E-state index is 11.6. The van der Waals surface area contributed by atoms with Gasteiger partial charge in [-0.25, -0.2) is 4.79 Å². The number of ether oxygens (including phenoxy) is 1. The zero-order valence-corrected chi connectivity index (χ0v) is 13.7. The quantitative estimate of drug-likeness (QED) is 0.763. The molecule has 118 valence electrons. The molecule has 1 aromatic carbocycles. The highest BCUT2D eigenvalue weighted by atomic mass is 16.5. The summed E-state index contributed by atoms with van der Waals surface area (Å²) in [6.07, 6.45) is 0. The Balaban J connectivity index is 2.11. The predicted molar refractivity (Wildman–Crippen MR) is 85.8 cm³/mol. The van der Waals surface area contributed by atoms with E-state index in [-0.39, 0.29) is 5.97 Å². The Hall–Kier alpha value is -2.07. The van der Waals surface area contributed by atoms with Crippen molar-refractivity contribution >= 4 is 5.97 Å². The van der Waals surface area contributed by atoms with Gasteiger partial charge in [-0.15, -0.1) is 0 Å². The van der Waals surface area contributed by atoms with E-state index in [0.717, 1.165) is 18.8 Å². The van der Waals surface area contributed by atoms with Crippen molar-refractivity contribution in [3.05, 3.63) is 58.5 Å². The molecular formula is C18H23NO3. The summed E-state index contributed by atoms with van der Waals surface area (Å²) >= 11 is 0. The summed E-state index contributed by atoms with van der Waals surface area (Å²) < 4.78 is 10.5.